The van der Waals surface area contributed by atoms with Crippen LogP contribution in [0.25, 0.3) is 0 Å². The molecule has 2 aromatic rings. The van der Waals surface area contributed by atoms with Gasteiger partial charge >= 0.3 is 0 Å². The van der Waals surface area contributed by atoms with Crippen LogP contribution in [-0.2, 0) is 16.6 Å². The van der Waals surface area contributed by atoms with Gasteiger partial charge in [0.15, 0.2) is 0 Å². The highest BCUT2D eigenvalue weighted by molar-refractivity contribution is 7.09. The summed E-state index contributed by atoms with van der Waals surface area (Å²) in [4.78, 5) is 17.3. The Bertz CT molecular complexity index is 722. The Morgan fingerprint density at radius 1 is 1.32 bits per heavy atom. The summed E-state index contributed by atoms with van der Waals surface area (Å²) in [6.07, 6.45) is 6.56. The minimum absolute atomic E-state index is 0.0562. The highest BCUT2D eigenvalue weighted by Gasteiger charge is 2.42. The standard InChI is InChI=1S/C20H25FN2OS/c1-15-14-25-18(23-15)9-2-5-12-22-19(24)20(10-3-4-11-20)16-7-6-8-17(21)13-16/h6-8,13-14H,2-5,9-12H2,1H3,(H,22,24). The number of hydrogen-bond acceptors (Lipinski definition) is 3. The van der Waals surface area contributed by atoms with E-state index in [1.807, 2.05) is 13.0 Å². The monoisotopic (exact) mass is 360 g/mol. The quantitative estimate of drug-likeness (QED) is 0.737. The molecule has 1 aliphatic carbocycles. The fourth-order valence-electron chi connectivity index (χ4n) is 3.70. The Hall–Kier alpha value is -1.75. The number of aromatic nitrogens is 1. The summed E-state index contributed by atoms with van der Waals surface area (Å²) in [7, 11) is 0. The van der Waals surface area contributed by atoms with Gasteiger partial charge in [0.05, 0.1) is 10.4 Å². The third-order valence-electron chi connectivity index (χ3n) is 5.04. The van der Waals surface area contributed by atoms with E-state index in [1.165, 1.54) is 12.1 Å². The molecule has 1 fully saturated rings. The number of aryl methyl sites for hydroxylation is 2. The lowest BCUT2D eigenvalue weighted by Gasteiger charge is -2.28. The molecule has 1 aromatic heterocycles. The molecule has 0 radical (unpaired) electrons. The molecule has 1 N–H and O–H groups in total. The van der Waals surface area contributed by atoms with E-state index in [1.54, 1.807) is 17.4 Å². The summed E-state index contributed by atoms with van der Waals surface area (Å²) in [5.41, 5.74) is 1.35. The first-order valence-electron chi connectivity index (χ1n) is 9.05. The van der Waals surface area contributed by atoms with Gasteiger partial charge in [0.1, 0.15) is 5.82 Å². The Morgan fingerprint density at radius 3 is 2.80 bits per heavy atom. The normalized spacial score (nSPS) is 16.1. The van der Waals surface area contributed by atoms with Crippen molar-refractivity contribution in [1.29, 1.82) is 0 Å². The number of amides is 1. The van der Waals surface area contributed by atoms with E-state index in [4.69, 9.17) is 0 Å². The minimum Gasteiger partial charge on any atom is -0.355 e. The van der Waals surface area contributed by atoms with Crippen molar-refractivity contribution in [3.05, 3.63) is 51.7 Å². The van der Waals surface area contributed by atoms with Gasteiger partial charge in [0, 0.05) is 17.6 Å². The van der Waals surface area contributed by atoms with Crippen LogP contribution in [0.15, 0.2) is 29.6 Å². The van der Waals surface area contributed by atoms with Crippen molar-refractivity contribution < 1.29 is 9.18 Å². The van der Waals surface area contributed by atoms with E-state index < -0.39 is 5.41 Å². The Balaban J connectivity index is 1.53. The number of halogens is 1. The molecule has 1 heterocycles. The molecule has 1 aromatic carbocycles. The van der Waals surface area contributed by atoms with Gasteiger partial charge in [0.25, 0.3) is 0 Å². The van der Waals surface area contributed by atoms with Crippen LogP contribution in [0.3, 0.4) is 0 Å². The van der Waals surface area contributed by atoms with Crippen molar-refractivity contribution in [2.75, 3.05) is 6.54 Å². The Morgan fingerprint density at radius 2 is 2.12 bits per heavy atom. The molecule has 0 saturated heterocycles. The van der Waals surface area contributed by atoms with Gasteiger partial charge in [-0.05, 0) is 56.7 Å². The maximum absolute atomic E-state index is 13.6. The number of unbranched alkanes of at least 4 members (excludes halogenated alkanes) is 1. The summed E-state index contributed by atoms with van der Waals surface area (Å²) >= 11 is 1.70. The second-order valence-electron chi connectivity index (χ2n) is 6.90. The lowest BCUT2D eigenvalue weighted by molar-refractivity contribution is -0.126. The molecule has 3 nitrogen and oxygen atoms in total. The van der Waals surface area contributed by atoms with Crippen LogP contribution >= 0.6 is 11.3 Å². The molecular formula is C20H25FN2OS. The summed E-state index contributed by atoms with van der Waals surface area (Å²) in [5.74, 6) is -0.212. The van der Waals surface area contributed by atoms with E-state index in [9.17, 15) is 9.18 Å². The largest absolute Gasteiger partial charge is 0.355 e. The lowest BCUT2D eigenvalue weighted by Crippen LogP contribution is -2.43. The predicted octanol–water partition coefficient (Wildman–Crippen LogP) is 4.54. The molecule has 0 bridgehead atoms. The molecule has 1 aliphatic rings. The second kappa shape index (κ2) is 8.09. The smallest absolute Gasteiger partial charge is 0.230 e. The van der Waals surface area contributed by atoms with Gasteiger partial charge in [-0.1, -0.05) is 25.0 Å². The number of benzene rings is 1. The average molecular weight is 360 g/mol. The van der Waals surface area contributed by atoms with E-state index in [0.29, 0.717) is 6.54 Å². The summed E-state index contributed by atoms with van der Waals surface area (Å²) in [6.45, 7) is 2.67. The van der Waals surface area contributed by atoms with Crippen molar-refractivity contribution in [2.24, 2.45) is 0 Å². The molecule has 3 rings (SSSR count). The second-order valence-corrected chi connectivity index (χ2v) is 7.84. The van der Waals surface area contributed by atoms with Crippen LogP contribution in [0.1, 0.15) is 54.8 Å². The molecular weight excluding hydrogens is 335 g/mol. The van der Waals surface area contributed by atoms with Gasteiger partial charge in [-0.15, -0.1) is 11.3 Å². The number of carbonyl (C=O) groups is 1. The van der Waals surface area contributed by atoms with Crippen molar-refractivity contribution in [2.45, 2.75) is 57.3 Å². The average Bonchev–Trinajstić information content (AvgIpc) is 3.24. The van der Waals surface area contributed by atoms with Gasteiger partial charge in [-0.3, -0.25) is 4.79 Å². The highest BCUT2D eigenvalue weighted by Crippen LogP contribution is 2.41. The zero-order valence-corrected chi connectivity index (χ0v) is 15.5. The van der Waals surface area contributed by atoms with Crippen molar-refractivity contribution in [3.8, 4) is 0 Å². The number of nitrogens with zero attached hydrogens (tertiary/aromatic N) is 1. The Kier molecular flexibility index (Phi) is 5.84. The van der Waals surface area contributed by atoms with E-state index in [-0.39, 0.29) is 11.7 Å². The molecule has 0 aliphatic heterocycles. The van der Waals surface area contributed by atoms with Crippen LogP contribution in [0, 0.1) is 12.7 Å². The molecule has 5 heteroatoms. The van der Waals surface area contributed by atoms with Crippen LogP contribution < -0.4 is 5.32 Å². The molecule has 1 saturated carbocycles. The highest BCUT2D eigenvalue weighted by atomic mass is 32.1. The molecule has 134 valence electrons. The number of hydrogen-bond donors (Lipinski definition) is 1. The van der Waals surface area contributed by atoms with Gasteiger partial charge in [-0.2, -0.15) is 0 Å². The third-order valence-corrected chi connectivity index (χ3v) is 6.06. The van der Waals surface area contributed by atoms with Gasteiger partial charge < -0.3 is 5.32 Å². The fraction of sp³-hybridized carbons (Fsp3) is 0.500. The number of rotatable bonds is 7. The first kappa shape index (κ1) is 18.1. The SMILES string of the molecule is Cc1csc(CCCCNC(=O)C2(c3cccc(F)c3)CCCC2)n1. The molecule has 0 unspecified atom stereocenters. The first-order chi connectivity index (χ1) is 12.1. The van der Waals surface area contributed by atoms with Crippen LogP contribution in [0.2, 0.25) is 0 Å². The molecule has 0 atom stereocenters. The van der Waals surface area contributed by atoms with Gasteiger partial charge in [-0.25, -0.2) is 9.37 Å². The van der Waals surface area contributed by atoms with E-state index in [2.05, 4.69) is 15.7 Å². The summed E-state index contributed by atoms with van der Waals surface area (Å²) < 4.78 is 13.6. The van der Waals surface area contributed by atoms with E-state index >= 15 is 0 Å². The Labute approximate surface area is 152 Å². The topological polar surface area (TPSA) is 42.0 Å². The van der Waals surface area contributed by atoms with Crippen molar-refractivity contribution in [1.82, 2.24) is 10.3 Å². The van der Waals surface area contributed by atoms with Gasteiger partial charge in [0.2, 0.25) is 5.91 Å². The first-order valence-corrected chi connectivity index (χ1v) is 9.93. The minimum atomic E-state index is -0.547. The van der Waals surface area contributed by atoms with Crippen molar-refractivity contribution in [3.63, 3.8) is 0 Å². The van der Waals surface area contributed by atoms with E-state index in [0.717, 1.165) is 61.2 Å². The fourth-order valence-corrected chi connectivity index (χ4v) is 4.52. The molecule has 0 spiro atoms. The van der Waals surface area contributed by atoms with Crippen LogP contribution in [-0.4, -0.2) is 17.4 Å². The maximum Gasteiger partial charge on any atom is 0.230 e. The van der Waals surface area contributed by atoms with Crippen LogP contribution in [0.5, 0.6) is 0 Å². The molecule has 25 heavy (non-hydrogen) atoms. The van der Waals surface area contributed by atoms with Crippen LogP contribution in [0.4, 0.5) is 4.39 Å². The molecule has 1 amide bonds. The third kappa shape index (κ3) is 4.27. The number of carbonyl (C=O) groups excluding carboxylic acids is 1. The number of thiazole rings is 1. The summed E-state index contributed by atoms with van der Waals surface area (Å²) in [6, 6.07) is 6.55. The maximum atomic E-state index is 13.6. The number of nitrogens with one attached hydrogen (secondary N) is 1. The predicted molar refractivity (Wildman–Crippen MR) is 99.3 cm³/mol. The van der Waals surface area contributed by atoms with Crippen molar-refractivity contribution >= 4 is 17.2 Å². The zero-order valence-electron chi connectivity index (χ0n) is 14.7. The zero-order chi connectivity index (χ0) is 17.7. The summed E-state index contributed by atoms with van der Waals surface area (Å²) in [5, 5.41) is 6.33. The lowest BCUT2D eigenvalue weighted by atomic mass is 9.78.